The second-order valence-electron chi connectivity index (χ2n) is 5.15. The Morgan fingerprint density at radius 2 is 2.00 bits per heavy atom. The van der Waals surface area contributed by atoms with Crippen LogP contribution in [0.2, 0.25) is 0 Å². The van der Waals surface area contributed by atoms with Gasteiger partial charge in [-0.3, -0.25) is 4.79 Å². The van der Waals surface area contributed by atoms with E-state index in [9.17, 15) is 4.79 Å². The van der Waals surface area contributed by atoms with Gasteiger partial charge in [0.15, 0.2) is 0 Å². The van der Waals surface area contributed by atoms with Gasteiger partial charge in [0.2, 0.25) is 5.91 Å². The number of carbonyl (C=O) groups excluding carboxylic acids is 1. The fraction of sp³-hybridized carbons (Fsp3) is 0.923. The van der Waals surface area contributed by atoms with E-state index < -0.39 is 0 Å². The summed E-state index contributed by atoms with van der Waals surface area (Å²) in [6.07, 6.45) is 4.49. The molecule has 0 aromatic heterocycles. The zero-order chi connectivity index (χ0) is 12.6. The van der Waals surface area contributed by atoms with E-state index in [0.29, 0.717) is 19.2 Å². The molecule has 0 unspecified atom stereocenters. The summed E-state index contributed by atoms with van der Waals surface area (Å²) in [4.78, 5) is 11.6. The first-order chi connectivity index (χ1) is 8.84. The Kier molecular flexibility index (Phi) is 5.90. The van der Waals surface area contributed by atoms with Crippen LogP contribution in [0.3, 0.4) is 0 Å². The average molecular weight is 256 g/mol. The molecule has 104 valence electrons. The fourth-order valence-electron chi connectivity index (χ4n) is 2.00. The average Bonchev–Trinajstić information content (AvgIpc) is 3.19. The molecule has 2 aliphatic rings. The molecule has 18 heavy (non-hydrogen) atoms. The lowest BCUT2D eigenvalue weighted by Crippen LogP contribution is -2.43. The molecule has 0 radical (unpaired) electrons. The molecule has 2 rings (SSSR count). The van der Waals surface area contributed by atoms with Gasteiger partial charge in [-0.2, -0.15) is 0 Å². The van der Waals surface area contributed by atoms with Crippen molar-refractivity contribution in [2.75, 3.05) is 39.5 Å². The maximum absolute atomic E-state index is 11.6. The van der Waals surface area contributed by atoms with Gasteiger partial charge in [-0.05, 0) is 31.6 Å². The first-order valence-corrected chi connectivity index (χ1v) is 7.00. The Labute approximate surface area is 109 Å². The summed E-state index contributed by atoms with van der Waals surface area (Å²) >= 11 is 0. The predicted molar refractivity (Wildman–Crippen MR) is 68.4 cm³/mol. The van der Waals surface area contributed by atoms with E-state index in [4.69, 9.17) is 9.47 Å². The summed E-state index contributed by atoms with van der Waals surface area (Å²) in [5, 5.41) is 6.12. The highest BCUT2D eigenvalue weighted by Gasteiger charge is 2.20. The summed E-state index contributed by atoms with van der Waals surface area (Å²) in [6, 6.07) is 0.291. The summed E-state index contributed by atoms with van der Waals surface area (Å²) in [5.41, 5.74) is 0. The third kappa shape index (κ3) is 5.80. The Morgan fingerprint density at radius 3 is 2.72 bits per heavy atom. The molecule has 2 fully saturated rings. The second-order valence-corrected chi connectivity index (χ2v) is 5.15. The molecule has 0 atom stereocenters. The lowest BCUT2D eigenvalue weighted by atomic mass is 10.1. The summed E-state index contributed by atoms with van der Waals surface area (Å²) in [5.74, 6) is 0.880. The number of rotatable bonds is 8. The van der Waals surface area contributed by atoms with E-state index in [1.165, 1.54) is 12.8 Å². The zero-order valence-electron chi connectivity index (χ0n) is 11.0. The molecule has 1 heterocycles. The SMILES string of the molecule is O=C(CNCCOCC1CC1)NC1CCOCC1. The van der Waals surface area contributed by atoms with Gasteiger partial charge >= 0.3 is 0 Å². The van der Waals surface area contributed by atoms with E-state index in [2.05, 4.69) is 10.6 Å². The molecule has 2 N–H and O–H groups in total. The summed E-state index contributed by atoms with van der Waals surface area (Å²) < 4.78 is 10.7. The van der Waals surface area contributed by atoms with Crippen LogP contribution in [0.4, 0.5) is 0 Å². The molecule has 5 nitrogen and oxygen atoms in total. The van der Waals surface area contributed by atoms with E-state index in [1.54, 1.807) is 0 Å². The van der Waals surface area contributed by atoms with E-state index in [-0.39, 0.29) is 5.91 Å². The maximum atomic E-state index is 11.6. The topological polar surface area (TPSA) is 59.6 Å². The van der Waals surface area contributed by atoms with Crippen molar-refractivity contribution in [1.29, 1.82) is 0 Å². The van der Waals surface area contributed by atoms with Crippen molar-refractivity contribution in [3.63, 3.8) is 0 Å². The van der Waals surface area contributed by atoms with Crippen LogP contribution in [0, 0.1) is 5.92 Å². The molecule has 1 amide bonds. The minimum atomic E-state index is 0.0732. The Hall–Kier alpha value is -0.650. The van der Waals surface area contributed by atoms with Crippen LogP contribution in [0.15, 0.2) is 0 Å². The van der Waals surface area contributed by atoms with Crippen molar-refractivity contribution in [1.82, 2.24) is 10.6 Å². The summed E-state index contributed by atoms with van der Waals surface area (Å²) in [6.45, 7) is 4.22. The van der Waals surface area contributed by atoms with Crippen molar-refractivity contribution >= 4 is 5.91 Å². The van der Waals surface area contributed by atoms with Gasteiger partial charge in [0.25, 0.3) is 0 Å². The molecule has 1 aliphatic heterocycles. The largest absolute Gasteiger partial charge is 0.381 e. The molecule has 1 saturated carbocycles. The standard InChI is InChI=1S/C13H24N2O3/c16-13(15-12-3-6-17-7-4-12)9-14-5-8-18-10-11-1-2-11/h11-12,14H,1-10H2,(H,15,16). The first-order valence-electron chi connectivity index (χ1n) is 7.00. The van der Waals surface area contributed by atoms with Gasteiger partial charge in [0.05, 0.1) is 13.2 Å². The Bertz CT molecular complexity index is 251. The second kappa shape index (κ2) is 7.71. The van der Waals surface area contributed by atoms with E-state index in [1.807, 2.05) is 0 Å². The molecule has 0 spiro atoms. The van der Waals surface area contributed by atoms with Crippen molar-refractivity contribution in [3.05, 3.63) is 0 Å². The highest BCUT2D eigenvalue weighted by Crippen LogP contribution is 2.28. The molecule has 0 bridgehead atoms. The van der Waals surface area contributed by atoms with Crippen LogP contribution in [-0.2, 0) is 14.3 Å². The molecule has 0 aromatic carbocycles. The normalized spacial score (nSPS) is 20.9. The quantitative estimate of drug-likeness (QED) is 0.613. The Morgan fingerprint density at radius 1 is 1.22 bits per heavy atom. The monoisotopic (exact) mass is 256 g/mol. The molecule has 1 aliphatic carbocycles. The highest BCUT2D eigenvalue weighted by atomic mass is 16.5. The molecular formula is C13H24N2O3. The first kappa shape index (κ1) is 13.8. The maximum Gasteiger partial charge on any atom is 0.234 e. The molecular weight excluding hydrogens is 232 g/mol. The van der Waals surface area contributed by atoms with Gasteiger partial charge < -0.3 is 20.1 Å². The highest BCUT2D eigenvalue weighted by molar-refractivity contribution is 5.78. The van der Waals surface area contributed by atoms with Gasteiger partial charge in [-0.1, -0.05) is 0 Å². The Balaban J connectivity index is 1.41. The number of hydrogen-bond donors (Lipinski definition) is 2. The van der Waals surface area contributed by atoms with Gasteiger partial charge in [0.1, 0.15) is 0 Å². The number of ether oxygens (including phenoxy) is 2. The number of hydrogen-bond acceptors (Lipinski definition) is 4. The van der Waals surface area contributed by atoms with E-state index in [0.717, 1.165) is 45.1 Å². The van der Waals surface area contributed by atoms with Gasteiger partial charge in [-0.25, -0.2) is 0 Å². The van der Waals surface area contributed by atoms with Crippen LogP contribution in [-0.4, -0.2) is 51.5 Å². The van der Waals surface area contributed by atoms with Gasteiger partial charge in [-0.15, -0.1) is 0 Å². The van der Waals surface area contributed by atoms with Crippen LogP contribution in [0.1, 0.15) is 25.7 Å². The lowest BCUT2D eigenvalue weighted by Gasteiger charge is -2.23. The third-order valence-electron chi connectivity index (χ3n) is 3.35. The molecule has 5 heteroatoms. The van der Waals surface area contributed by atoms with Crippen LogP contribution in [0.25, 0.3) is 0 Å². The number of carbonyl (C=O) groups is 1. The lowest BCUT2D eigenvalue weighted by molar-refractivity contribution is -0.121. The predicted octanol–water partition coefficient (Wildman–Crippen LogP) is 0.298. The van der Waals surface area contributed by atoms with Crippen LogP contribution in [0.5, 0.6) is 0 Å². The number of nitrogens with one attached hydrogen (secondary N) is 2. The van der Waals surface area contributed by atoms with Crippen LogP contribution >= 0.6 is 0 Å². The van der Waals surface area contributed by atoms with Crippen LogP contribution < -0.4 is 10.6 Å². The van der Waals surface area contributed by atoms with Crippen molar-refractivity contribution in [3.8, 4) is 0 Å². The van der Waals surface area contributed by atoms with Crippen molar-refractivity contribution in [2.24, 2.45) is 5.92 Å². The third-order valence-corrected chi connectivity index (χ3v) is 3.35. The van der Waals surface area contributed by atoms with Gasteiger partial charge in [0, 0.05) is 32.4 Å². The smallest absolute Gasteiger partial charge is 0.234 e. The molecule has 0 aromatic rings. The number of amides is 1. The van der Waals surface area contributed by atoms with E-state index >= 15 is 0 Å². The van der Waals surface area contributed by atoms with Crippen molar-refractivity contribution < 1.29 is 14.3 Å². The fourth-order valence-corrected chi connectivity index (χ4v) is 2.00. The minimum Gasteiger partial charge on any atom is -0.381 e. The van der Waals surface area contributed by atoms with Crippen molar-refractivity contribution in [2.45, 2.75) is 31.7 Å². The summed E-state index contributed by atoms with van der Waals surface area (Å²) in [7, 11) is 0. The minimum absolute atomic E-state index is 0.0732. The zero-order valence-corrected chi connectivity index (χ0v) is 11.0. The molecule has 1 saturated heterocycles.